The minimum atomic E-state index is -0.808. The standard InChI is InChI=1S/C30H33F2N5O3/c31-19-9-10-21(23(32)16-19)26-17-25(36-40-26)29(39)34-24-11-15-37(20-6-2-1-3-7-20)18-22(24)28(38)35-30(12-13-30)27-8-4-5-14-33-27/h4-5,8-10,14,16-17,20,22,24H,1-3,6-7,11-13,15,18H2,(H,34,39)(H,35,38)/t22-,24-/m0/s1. The maximum absolute atomic E-state index is 14.2. The van der Waals surface area contributed by atoms with E-state index in [9.17, 15) is 18.4 Å². The maximum Gasteiger partial charge on any atom is 0.273 e. The normalized spacial score (nSPS) is 22.9. The van der Waals surface area contributed by atoms with Gasteiger partial charge in [0, 0.05) is 43.5 Å². The van der Waals surface area contributed by atoms with Crippen LogP contribution in [0.3, 0.4) is 0 Å². The minimum Gasteiger partial charge on any atom is -0.355 e. The smallest absolute Gasteiger partial charge is 0.273 e. The molecule has 3 heterocycles. The summed E-state index contributed by atoms with van der Waals surface area (Å²) in [5.74, 6) is -2.55. The van der Waals surface area contributed by atoms with Crippen LogP contribution < -0.4 is 10.6 Å². The van der Waals surface area contributed by atoms with Crippen molar-refractivity contribution in [1.82, 2.24) is 25.7 Å². The van der Waals surface area contributed by atoms with Gasteiger partial charge in [0.1, 0.15) is 11.6 Å². The monoisotopic (exact) mass is 549 g/mol. The quantitative estimate of drug-likeness (QED) is 0.448. The van der Waals surface area contributed by atoms with Gasteiger partial charge in [0.15, 0.2) is 11.5 Å². The van der Waals surface area contributed by atoms with Gasteiger partial charge in [-0.05, 0) is 56.4 Å². The molecule has 1 aromatic carbocycles. The van der Waals surface area contributed by atoms with E-state index in [2.05, 4.69) is 25.7 Å². The highest BCUT2D eigenvalue weighted by Gasteiger charge is 2.49. The fourth-order valence-electron chi connectivity index (χ4n) is 6.18. The van der Waals surface area contributed by atoms with Crippen LogP contribution in [0.2, 0.25) is 0 Å². The number of pyridine rings is 1. The fraction of sp³-hybridized carbons (Fsp3) is 0.467. The Morgan fingerprint density at radius 1 is 1.02 bits per heavy atom. The number of hydrogen-bond acceptors (Lipinski definition) is 6. The second-order valence-electron chi connectivity index (χ2n) is 11.2. The van der Waals surface area contributed by atoms with Crippen molar-refractivity contribution in [2.45, 2.75) is 69.0 Å². The molecule has 2 saturated carbocycles. The molecule has 0 unspecified atom stereocenters. The van der Waals surface area contributed by atoms with E-state index in [4.69, 9.17) is 4.52 Å². The molecule has 0 spiro atoms. The highest BCUT2D eigenvalue weighted by molar-refractivity contribution is 5.94. The van der Waals surface area contributed by atoms with Gasteiger partial charge in [-0.1, -0.05) is 30.5 Å². The Morgan fingerprint density at radius 2 is 1.85 bits per heavy atom. The first-order valence-electron chi connectivity index (χ1n) is 14.1. The molecule has 3 fully saturated rings. The van der Waals surface area contributed by atoms with Crippen LogP contribution in [-0.2, 0) is 10.3 Å². The lowest BCUT2D eigenvalue weighted by molar-refractivity contribution is -0.129. The Bertz CT molecular complexity index is 1370. The molecule has 0 bridgehead atoms. The molecule has 0 radical (unpaired) electrons. The summed E-state index contributed by atoms with van der Waals surface area (Å²) < 4.78 is 32.8. The average molecular weight is 550 g/mol. The van der Waals surface area contributed by atoms with Crippen molar-refractivity contribution in [1.29, 1.82) is 0 Å². The highest BCUT2D eigenvalue weighted by atomic mass is 19.1. The van der Waals surface area contributed by atoms with Crippen molar-refractivity contribution in [3.05, 3.63) is 71.7 Å². The number of hydrogen-bond donors (Lipinski definition) is 2. The van der Waals surface area contributed by atoms with Crippen LogP contribution in [0, 0.1) is 17.6 Å². The first-order valence-corrected chi connectivity index (χ1v) is 14.1. The second kappa shape index (κ2) is 11.1. The van der Waals surface area contributed by atoms with Crippen LogP contribution in [0.1, 0.15) is 67.5 Å². The van der Waals surface area contributed by atoms with Crippen molar-refractivity contribution in [2.75, 3.05) is 13.1 Å². The summed E-state index contributed by atoms with van der Waals surface area (Å²) in [5.41, 5.74) is 0.377. The zero-order chi connectivity index (χ0) is 27.7. The number of benzene rings is 1. The Labute approximate surface area is 231 Å². The van der Waals surface area contributed by atoms with E-state index < -0.39 is 35.0 Å². The van der Waals surface area contributed by atoms with E-state index in [1.54, 1.807) is 6.20 Å². The minimum absolute atomic E-state index is 0.00949. The predicted octanol–water partition coefficient (Wildman–Crippen LogP) is 4.57. The number of piperidine rings is 1. The maximum atomic E-state index is 14.2. The van der Waals surface area contributed by atoms with Crippen LogP contribution in [-0.4, -0.2) is 52.0 Å². The lowest BCUT2D eigenvalue weighted by Gasteiger charge is -2.43. The summed E-state index contributed by atoms with van der Waals surface area (Å²) in [6.45, 7) is 1.35. The van der Waals surface area contributed by atoms with Gasteiger partial charge in [0.05, 0.1) is 22.7 Å². The number of carbonyl (C=O) groups is 2. The molecule has 40 heavy (non-hydrogen) atoms. The number of aromatic nitrogens is 2. The van der Waals surface area contributed by atoms with Crippen LogP contribution in [0.4, 0.5) is 8.78 Å². The summed E-state index contributed by atoms with van der Waals surface area (Å²) in [7, 11) is 0. The molecule has 6 rings (SSSR count). The third-order valence-electron chi connectivity index (χ3n) is 8.60. The molecule has 1 saturated heterocycles. The summed E-state index contributed by atoms with van der Waals surface area (Å²) in [5, 5.41) is 10.1. The molecule has 1 aliphatic heterocycles. The van der Waals surface area contributed by atoms with E-state index >= 15 is 0 Å². The summed E-state index contributed by atoms with van der Waals surface area (Å²) in [6, 6.07) is 10.2. The van der Waals surface area contributed by atoms with Crippen molar-refractivity contribution in [3.8, 4) is 11.3 Å². The molecule has 8 nitrogen and oxygen atoms in total. The number of nitrogens with one attached hydrogen (secondary N) is 2. The van der Waals surface area contributed by atoms with Gasteiger partial charge >= 0.3 is 0 Å². The molecule has 3 aromatic rings. The van der Waals surface area contributed by atoms with Gasteiger partial charge in [0.2, 0.25) is 5.91 Å². The van der Waals surface area contributed by atoms with E-state index in [1.165, 1.54) is 31.4 Å². The zero-order valence-electron chi connectivity index (χ0n) is 22.2. The number of carbonyl (C=O) groups excluding carboxylic acids is 2. The van der Waals surface area contributed by atoms with E-state index in [0.717, 1.165) is 50.1 Å². The molecular weight excluding hydrogens is 516 g/mol. The third-order valence-corrected chi connectivity index (χ3v) is 8.60. The molecule has 2 aliphatic carbocycles. The number of likely N-dealkylation sites (tertiary alicyclic amines) is 1. The fourth-order valence-corrected chi connectivity index (χ4v) is 6.18. The Morgan fingerprint density at radius 3 is 2.58 bits per heavy atom. The van der Waals surface area contributed by atoms with Crippen LogP contribution in [0.15, 0.2) is 53.2 Å². The van der Waals surface area contributed by atoms with Crippen molar-refractivity contribution in [3.63, 3.8) is 0 Å². The zero-order valence-corrected chi connectivity index (χ0v) is 22.2. The van der Waals surface area contributed by atoms with E-state index in [1.807, 2.05) is 18.2 Å². The first-order chi connectivity index (χ1) is 19.4. The molecule has 2 aromatic heterocycles. The Hall–Kier alpha value is -3.66. The molecule has 10 heteroatoms. The molecule has 2 atom stereocenters. The van der Waals surface area contributed by atoms with Crippen LogP contribution >= 0.6 is 0 Å². The summed E-state index contributed by atoms with van der Waals surface area (Å²) >= 11 is 0. The van der Waals surface area contributed by atoms with E-state index in [0.29, 0.717) is 19.0 Å². The van der Waals surface area contributed by atoms with Crippen molar-refractivity contribution in [2.24, 2.45) is 5.92 Å². The second-order valence-corrected chi connectivity index (χ2v) is 11.2. The summed E-state index contributed by atoms with van der Waals surface area (Å²) in [6.07, 6.45) is 9.92. The van der Waals surface area contributed by atoms with Gasteiger partial charge in [0.25, 0.3) is 5.91 Å². The van der Waals surface area contributed by atoms with Crippen molar-refractivity contribution < 1.29 is 22.9 Å². The molecular formula is C30H33F2N5O3. The van der Waals surface area contributed by atoms with Crippen LogP contribution in [0.25, 0.3) is 11.3 Å². The lowest BCUT2D eigenvalue weighted by Crippen LogP contribution is -2.58. The third kappa shape index (κ3) is 5.50. The lowest BCUT2D eigenvalue weighted by atomic mass is 9.86. The number of rotatable bonds is 7. The first kappa shape index (κ1) is 26.6. The van der Waals surface area contributed by atoms with Crippen molar-refractivity contribution >= 4 is 11.8 Å². The Balaban J connectivity index is 1.19. The highest BCUT2D eigenvalue weighted by Crippen LogP contribution is 2.45. The SMILES string of the molecule is O=C(N[C@H]1CCN(C2CCCCC2)C[C@@H]1C(=O)NC1(c2ccccn2)CC1)c1cc(-c2ccc(F)cc2F)on1. The largest absolute Gasteiger partial charge is 0.355 e. The molecule has 2 amide bonds. The van der Waals surface area contributed by atoms with Gasteiger partial charge in [-0.2, -0.15) is 0 Å². The molecule has 2 N–H and O–H groups in total. The molecule has 3 aliphatic rings. The number of nitrogens with zero attached hydrogens (tertiary/aromatic N) is 3. The Kier molecular flexibility index (Phi) is 7.35. The van der Waals surface area contributed by atoms with E-state index in [-0.39, 0.29) is 22.9 Å². The number of halogens is 2. The van der Waals surface area contributed by atoms with Gasteiger partial charge < -0.3 is 15.2 Å². The van der Waals surface area contributed by atoms with Crippen LogP contribution in [0.5, 0.6) is 0 Å². The molecule has 210 valence electrons. The predicted molar refractivity (Wildman–Crippen MR) is 143 cm³/mol. The van der Waals surface area contributed by atoms with Gasteiger partial charge in [-0.3, -0.25) is 19.5 Å². The average Bonchev–Trinajstić information content (AvgIpc) is 3.59. The van der Waals surface area contributed by atoms with Gasteiger partial charge in [-0.15, -0.1) is 0 Å². The number of amides is 2. The topological polar surface area (TPSA) is 100 Å². The summed E-state index contributed by atoms with van der Waals surface area (Å²) in [4.78, 5) is 33.9. The van der Waals surface area contributed by atoms with Gasteiger partial charge in [-0.25, -0.2) is 8.78 Å².